The van der Waals surface area contributed by atoms with Gasteiger partial charge in [-0.25, -0.2) is 0 Å². The van der Waals surface area contributed by atoms with Crippen LogP contribution in [0.25, 0.3) is 0 Å². The first-order valence-corrected chi connectivity index (χ1v) is 8.20. The molecule has 0 N–H and O–H groups in total. The number of benzene rings is 1. The molecule has 0 aromatic heterocycles. The molecule has 21 heavy (non-hydrogen) atoms. The van der Waals surface area contributed by atoms with E-state index in [2.05, 4.69) is 15.9 Å². The largest absolute Gasteiger partial charge is 0.339 e. The molecule has 1 saturated heterocycles. The van der Waals surface area contributed by atoms with E-state index in [9.17, 15) is 9.59 Å². The first-order chi connectivity index (χ1) is 10.1. The molecule has 1 aliphatic carbocycles. The van der Waals surface area contributed by atoms with Crippen LogP contribution >= 0.6 is 15.9 Å². The number of halogens is 1. The van der Waals surface area contributed by atoms with E-state index in [1.54, 1.807) is 0 Å². The van der Waals surface area contributed by atoms with Crippen molar-refractivity contribution in [3.05, 3.63) is 33.8 Å². The van der Waals surface area contributed by atoms with Crippen LogP contribution < -0.4 is 0 Å². The van der Waals surface area contributed by atoms with Gasteiger partial charge in [-0.1, -0.05) is 22.0 Å². The molecule has 0 bridgehead atoms. The van der Waals surface area contributed by atoms with Gasteiger partial charge in [0.25, 0.3) is 5.91 Å². The molecule has 1 aromatic carbocycles. The van der Waals surface area contributed by atoms with Crippen LogP contribution in [0.2, 0.25) is 0 Å². The van der Waals surface area contributed by atoms with Gasteiger partial charge in [0, 0.05) is 42.1 Å². The molecule has 0 radical (unpaired) electrons. The van der Waals surface area contributed by atoms with E-state index >= 15 is 0 Å². The van der Waals surface area contributed by atoms with Crippen LogP contribution in [0, 0.1) is 12.8 Å². The van der Waals surface area contributed by atoms with E-state index in [-0.39, 0.29) is 17.7 Å². The zero-order valence-corrected chi connectivity index (χ0v) is 13.7. The van der Waals surface area contributed by atoms with Crippen LogP contribution in [0.3, 0.4) is 0 Å². The fraction of sp³-hybridized carbons (Fsp3) is 0.500. The zero-order chi connectivity index (χ0) is 15.0. The summed E-state index contributed by atoms with van der Waals surface area (Å²) in [7, 11) is 0. The first kappa shape index (κ1) is 14.6. The lowest BCUT2D eigenvalue weighted by Gasteiger charge is -2.35. The summed E-state index contributed by atoms with van der Waals surface area (Å²) >= 11 is 3.47. The molecule has 0 unspecified atom stereocenters. The molecule has 5 heteroatoms. The summed E-state index contributed by atoms with van der Waals surface area (Å²) < 4.78 is 0.955. The van der Waals surface area contributed by atoms with Crippen LogP contribution in [0.4, 0.5) is 0 Å². The smallest absolute Gasteiger partial charge is 0.254 e. The molecule has 2 aliphatic rings. The average Bonchev–Trinajstić information content (AvgIpc) is 3.33. The van der Waals surface area contributed by atoms with Crippen molar-refractivity contribution in [2.75, 3.05) is 26.2 Å². The Morgan fingerprint density at radius 1 is 1.10 bits per heavy atom. The summed E-state index contributed by atoms with van der Waals surface area (Å²) in [4.78, 5) is 28.4. The van der Waals surface area contributed by atoms with Crippen LogP contribution in [0.5, 0.6) is 0 Å². The lowest BCUT2D eigenvalue weighted by molar-refractivity contribution is -0.134. The molecule has 2 amide bonds. The van der Waals surface area contributed by atoms with Crippen molar-refractivity contribution in [2.24, 2.45) is 5.92 Å². The molecule has 3 rings (SSSR count). The molecule has 112 valence electrons. The Morgan fingerprint density at radius 3 is 2.33 bits per heavy atom. The highest BCUT2D eigenvalue weighted by Crippen LogP contribution is 2.31. The predicted molar refractivity (Wildman–Crippen MR) is 84.1 cm³/mol. The summed E-state index contributed by atoms with van der Waals surface area (Å²) in [5, 5.41) is 0. The minimum atomic E-state index is 0.0623. The second kappa shape index (κ2) is 5.79. The van der Waals surface area contributed by atoms with Gasteiger partial charge in [0.1, 0.15) is 0 Å². The number of nitrogens with zero attached hydrogens (tertiary/aromatic N) is 2. The number of amides is 2. The monoisotopic (exact) mass is 350 g/mol. The SMILES string of the molecule is Cc1c(Br)cccc1C(=O)N1CCN(C(=O)C2CC2)CC1. The quantitative estimate of drug-likeness (QED) is 0.821. The van der Waals surface area contributed by atoms with Crippen molar-refractivity contribution in [2.45, 2.75) is 19.8 Å². The van der Waals surface area contributed by atoms with Gasteiger partial charge in [-0.3, -0.25) is 9.59 Å². The summed E-state index contributed by atoms with van der Waals surface area (Å²) in [6.07, 6.45) is 2.07. The van der Waals surface area contributed by atoms with Crippen LogP contribution in [-0.4, -0.2) is 47.8 Å². The Kier molecular flexibility index (Phi) is 4.02. The molecular formula is C16H19BrN2O2. The van der Waals surface area contributed by atoms with Crippen molar-refractivity contribution in [3.8, 4) is 0 Å². The highest BCUT2D eigenvalue weighted by Gasteiger charge is 2.35. The molecular weight excluding hydrogens is 332 g/mol. The van der Waals surface area contributed by atoms with Crippen molar-refractivity contribution in [1.29, 1.82) is 0 Å². The number of rotatable bonds is 2. The fourth-order valence-electron chi connectivity index (χ4n) is 2.73. The number of carbonyl (C=O) groups excluding carboxylic acids is 2. The standard InChI is InChI=1S/C16H19BrN2O2/c1-11-13(3-2-4-14(11)17)16(21)19-9-7-18(8-10-19)15(20)12-5-6-12/h2-4,12H,5-10H2,1H3. The third-order valence-electron chi connectivity index (χ3n) is 4.30. The van der Waals surface area contributed by atoms with Crippen molar-refractivity contribution in [1.82, 2.24) is 9.80 Å². The molecule has 2 fully saturated rings. The highest BCUT2D eigenvalue weighted by atomic mass is 79.9. The van der Waals surface area contributed by atoms with Gasteiger partial charge in [-0.15, -0.1) is 0 Å². The van der Waals surface area contributed by atoms with Gasteiger partial charge < -0.3 is 9.80 Å². The third-order valence-corrected chi connectivity index (χ3v) is 5.16. The Labute approximate surface area is 133 Å². The molecule has 1 heterocycles. The summed E-state index contributed by atoms with van der Waals surface area (Å²) in [6.45, 7) is 4.53. The van der Waals surface area contributed by atoms with Gasteiger partial charge in [0.05, 0.1) is 0 Å². The molecule has 1 saturated carbocycles. The van der Waals surface area contributed by atoms with Crippen molar-refractivity contribution >= 4 is 27.7 Å². The van der Waals surface area contributed by atoms with Gasteiger partial charge in [-0.05, 0) is 37.5 Å². The Balaban J connectivity index is 1.64. The second-order valence-electron chi connectivity index (χ2n) is 5.80. The Morgan fingerprint density at radius 2 is 1.71 bits per heavy atom. The second-order valence-corrected chi connectivity index (χ2v) is 6.66. The maximum absolute atomic E-state index is 12.6. The van der Waals surface area contributed by atoms with Crippen molar-refractivity contribution in [3.63, 3.8) is 0 Å². The van der Waals surface area contributed by atoms with Gasteiger partial charge in [-0.2, -0.15) is 0 Å². The van der Waals surface area contributed by atoms with Gasteiger partial charge in [0.2, 0.25) is 5.91 Å². The van der Waals surface area contributed by atoms with Crippen LogP contribution in [0.1, 0.15) is 28.8 Å². The lowest BCUT2D eigenvalue weighted by atomic mass is 10.1. The molecule has 4 nitrogen and oxygen atoms in total. The van der Waals surface area contributed by atoms with Gasteiger partial charge >= 0.3 is 0 Å². The molecule has 0 spiro atoms. The lowest BCUT2D eigenvalue weighted by Crippen LogP contribution is -2.51. The summed E-state index contributed by atoms with van der Waals surface area (Å²) in [5.74, 6) is 0.604. The van der Waals surface area contributed by atoms with E-state index in [1.165, 1.54) is 0 Å². The third kappa shape index (κ3) is 2.98. The van der Waals surface area contributed by atoms with Crippen LogP contribution in [-0.2, 0) is 4.79 Å². The fourth-order valence-corrected chi connectivity index (χ4v) is 3.09. The molecule has 1 aliphatic heterocycles. The maximum atomic E-state index is 12.6. The van der Waals surface area contributed by atoms with E-state index in [1.807, 2.05) is 34.9 Å². The summed E-state index contributed by atoms with van der Waals surface area (Å²) in [5.41, 5.74) is 1.71. The van der Waals surface area contributed by atoms with Gasteiger partial charge in [0.15, 0.2) is 0 Å². The minimum absolute atomic E-state index is 0.0623. The Hall–Kier alpha value is -1.36. The number of hydrogen-bond acceptors (Lipinski definition) is 2. The van der Waals surface area contributed by atoms with E-state index in [0.717, 1.165) is 28.4 Å². The first-order valence-electron chi connectivity index (χ1n) is 7.41. The topological polar surface area (TPSA) is 40.6 Å². The average molecular weight is 351 g/mol. The van der Waals surface area contributed by atoms with E-state index in [4.69, 9.17) is 0 Å². The maximum Gasteiger partial charge on any atom is 0.254 e. The predicted octanol–water partition coefficient (Wildman–Crippen LogP) is 2.45. The Bertz CT molecular complexity index is 576. The highest BCUT2D eigenvalue weighted by molar-refractivity contribution is 9.10. The zero-order valence-electron chi connectivity index (χ0n) is 12.1. The number of piperazine rings is 1. The molecule has 0 atom stereocenters. The van der Waals surface area contributed by atoms with E-state index < -0.39 is 0 Å². The van der Waals surface area contributed by atoms with E-state index in [0.29, 0.717) is 26.2 Å². The molecule has 1 aromatic rings. The normalized spacial score (nSPS) is 18.8. The minimum Gasteiger partial charge on any atom is -0.339 e. The summed E-state index contributed by atoms with van der Waals surface area (Å²) in [6, 6.07) is 5.69. The van der Waals surface area contributed by atoms with Crippen molar-refractivity contribution < 1.29 is 9.59 Å². The number of carbonyl (C=O) groups is 2. The van der Waals surface area contributed by atoms with Crippen LogP contribution in [0.15, 0.2) is 22.7 Å². The number of hydrogen-bond donors (Lipinski definition) is 0.